The summed E-state index contributed by atoms with van der Waals surface area (Å²) in [6.07, 6.45) is 63.6. The molecule has 0 saturated heterocycles. The number of quaternary nitrogens is 1. The maximum atomic E-state index is 12.8. The number of hydrogen-bond acceptors (Lipinski definition) is 6. The first-order valence-corrected chi connectivity index (χ1v) is 23.7. The Morgan fingerprint density at radius 1 is 0.476 bits per heavy atom. The molecule has 0 radical (unpaired) electrons. The van der Waals surface area contributed by atoms with Gasteiger partial charge in [-0.05, 0) is 103 Å². The minimum atomic E-state index is -0.895. The molecule has 1 N–H and O–H groups in total. The van der Waals surface area contributed by atoms with Gasteiger partial charge < -0.3 is 23.8 Å². The molecule has 0 bridgehead atoms. The van der Waals surface area contributed by atoms with Crippen molar-refractivity contribution in [3.63, 3.8) is 0 Å². The lowest BCUT2D eigenvalue weighted by molar-refractivity contribution is -0.887. The molecule has 0 aliphatic carbocycles. The lowest BCUT2D eigenvalue weighted by atomic mass is 10.1. The predicted octanol–water partition coefficient (Wildman–Crippen LogP) is 13.6. The van der Waals surface area contributed by atoms with Crippen LogP contribution in [0.3, 0.4) is 0 Å². The van der Waals surface area contributed by atoms with E-state index in [0.29, 0.717) is 19.3 Å². The number of carboxylic acids is 1. The monoisotopic (exact) mass is 873 g/mol. The van der Waals surface area contributed by atoms with Gasteiger partial charge in [-0.1, -0.05) is 154 Å². The number of allylic oxidation sites excluding steroid dienone is 22. The predicted molar refractivity (Wildman–Crippen MR) is 265 cm³/mol. The maximum absolute atomic E-state index is 12.8. The number of nitrogens with zero attached hydrogens (tertiary/aromatic N) is 1. The quantitative estimate of drug-likeness (QED) is 0.0283. The largest absolute Gasteiger partial charge is 0.477 e. The van der Waals surface area contributed by atoms with Gasteiger partial charge in [-0.3, -0.25) is 9.59 Å². The Hall–Kier alpha value is -4.53. The van der Waals surface area contributed by atoms with Gasteiger partial charge in [0.15, 0.2) is 12.1 Å². The van der Waals surface area contributed by atoms with Gasteiger partial charge in [0, 0.05) is 19.3 Å². The number of hydrogen-bond donors (Lipinski definition) is 1. The van der Waals surface area contributed by atoms with Gasteiger partial charge in [0.25, 0.3) is 0 Å². The molecule has 0 aliphatic rings. The lowest BCUT2D eigenvalue weighted by Crippen LogP contribution is -2.50. The molecule has 0 rings (SSSR count). The first-order valence-electron chi connectivity index (χ1n) is 23.7. The number of ether oxygens (including phenoxy) is 3. The third-order valence-electron chi connectivity index (χ3n) is 9.55. The van der Waals surface area contributed by atoms with E-state index in [2.05, 4.69) is 148 Å². The Kier molecular flexibility index (Phi) is 40.9. The fourth-order valence-corrected chi connectivity index (χ4v) is 5.95. The third kappa shape index (κ3) is 42.5. The van der Waals surface area contributed by atoms with Crippen LogP contribution >= 0.6 is 0 Å². The summed E-state index contributed by atoms with van der Waals surface area (Å²) in [5.74, 6) is -1.61. The SMILES string of the molecule is CC/C=C/C/C=C/C/C=C/C/C=C/C/C=C/C/C=C/CCCC(=O)OCC(COCCC(C(=O)O)[N+](C)(C)C)OC(=O)CCCCC/C=C/C/C=C/C/C=C/C/C=C/C/C=C/CC. The van der Waals surface area contributed by atoms with Crippen LogP contribution in [0.1, 0.15) is 142 Å². The Morgan fingerprint density at radius 2 is 0.857 bits per heavy atom. The van der Waals surface area contributed by atoms with Crippen LogP contribution in [0, 0.1) is 0 Å². The summed E-state index contributed by atoms with van der Waals surface area (Å²) in [6, 6.07) is -0.639. The second kappa shape index (κ2) is 44.1. The molecule has 2 atom stereocenters. The topological polar surface area (TPSA) is 99.1 Å². The van der Waals surface area contributed by atoms with Crippen LogP contribution in [0.5, 0.6) is 0 Å². The number of carboxylic acid groups (broad SMARTS) is 1. The highest BCUT2D eigenvalue weighted by Gasteiger charge is 2.31. The Morgan fingerprint density at radius 3 is 1.25 bits per heavy atom. The van der Waals surface area contributed by atoms with Gasteiger partial charge >= 0.3 is 17.9 Å². The maximum Gasteiger partial charge on any atom is 0.362 e. The van der Waals surface area contributed by atoms with E-state index in [1.165, 1.54) is 0 Å². The Bertz CT molecular complexity index is 1480. The van der Waals surface area contributed by atoms with Crippen LogP contribution in [0.4, 0.5) is 0 Å². The van der Waals surface area contributed by atoms with Crippen LogP contribution in [-0.2, 0) is 28.6 Å². The standard InChI is InChI=1S/C55H85NO7/c1-6-8-10-12-14-16-18-20-22-24-26-28-29-31-33-35-37-39-41-43-45-53(57)62-50-51(49-61-48-47-52(55(59)60)56(3,4)5)63-54(58)46-44-42-40-38-36-34-32-30-27-25-23-21-19-17-15-13-11-9-7-2/h8-11,14-17,20-23,26-28,30-31,33-34,36-37,39,51-52H,6-7,12-13,18-19,24-25,29,32,35,38,40-50H2,1-5H3/p+1/b10-8+,11-9+,16-14+,17-15+,22-20+,23-21+,28-26+,30-27+,33-31+,36-34+,39-37+. The highest BCUT2D eigenvalue weighted by atomic mass is 16.6. The second-order valence-electron chi connectivity index (χ2n) is 16.2. The number of esters is 2. The van der Waals surface area contributed by atoms with Crippen molar-refractivity contribution in [3.8, 4) is 0 Å². The van der Waals surface area contributed by atoms with E-state index < -0.39 is 18.1 Å². The molecule has 0 aliphatic heterocycles. The van der Waals surface area contributed by atoms with Crippen molar-refractivity contribution in [2.45, 2.75) is 154 Å². The summed E-state index contributed by atoms with van der Waals surface area (Å²) in [5.41, 5.74) is 0. The number of unbranched alkanes of at least 4 members (excludes halogenated alkanes) is 4. The van der Waals surface area contributed by atoms with Gasteiger partial charge in [0.1, 0.15) is 6.61 Å². The Balaban J connectivity index is 4.50. The van der Waals surface area contributed by atoms with Gasteiger partial charge in [-0.2, -0.15) is 0 Å². The molecule has 8 heteroatoms. The molecule has 0 spiro atoms. The van der Waals surface area contributed by atoms with Gasteiger partial charge in [-0.15, -0.1) is 0 Å². The molecule has 8 nitrogen and oxygen atoms in total. The molecular weight excluding hydrogens is 787 g/mol. The van der Waals surface area contributed by atoms with E-state index in [-0.39, 0.29) is 49.1 Å². The van der Waals surface area contributed by atoms with Crippen molar-refractivity contribution in [2.24, 2.45) is 0 Å². The molecule has 0 amide bonds. The van der Waals surface area contributed by atoms with E-state index in [9.17, 15) is 19.5 Å². The van der Waals surface area contributed by atoms with Crippen molar-refractivity contribution in [2.75, 3.05) is 41.0 Å². The summed E-state index contributed by atoms with van der Waals surface area (Å²) in [5, 5.41) is 9.64. The fourth-order valence-electron chi connectivity index (χ4n) is 5.95. The Labute approximate surface area is 383 Å². The summed E-state index contributed by atoms with van der Waals surface area (Å²) in [4.78, 5) is 37.1. The second-order valence-corrected chi connectivity index (χ2v) is 16.2. The molecule has 0 saturated carbocycles. The van der Waals surface area contributed by atoms with Crippen LogP contribution < -0.4 is 0 Å². The fraction of sp³-hybridized carbons (Fsp3) is 0.545. The zero-order valence-corrected chi connectivity index (χ0v) is 40.0. The average molecular weight is 873 g/mol. The van der Waals surface area contributed by atoms with E-state index in [1.54, 1.807) is 0 Å². The van der Waals surface area contributed by atoms with Gasteiger partial charge in [-0.25, -0.2) is 4.79 Å². The normalized spacial score (nSPS) is 14.1. The molecule has 0 fully saturated rings. The average Bonchev–Trinajstić information content (AvgIpc) is 3.24. The highest BCUT2D eigenvalue weighted by Crippen LogP contribution is 2.11. The number of likely N-dealkylation sites (N-methyl/N-ethyl adjacent to an activating group) is 1. The molecule has 2 unspecified atom stereocenters. The van der Waals surface area contributed by atoms with Crippen LogP contribution in [0.15, 0.2) is 134 Å². The number of carbonyl (C=O) groups excluding carboxylic acids is 2. The molecule has 0 aromatic rings. The molecule has 63 heavy (non-hydrogen) atoms. The summed E-state index contributed by atoms with van der Waals surface area (Å²) in [6.45, 7) is 4.38. The van der Waals surface area contributed by atoms with Crippen molar-refractivity contribution in [1.29, 1.82) is 0 Å². The van der Waals surface area contributed by atoms with Crippen molar-refractivity contribution in [3.05, 3.63) is 134 Å². The minimum Gasteiger partial charge on any atom is -0.477 e. The highest BCUT2D eigenvalue weighted by molar-refractivity contribution is 5.72. The third-order valence-corrected chi connectivity index (χ3v) is 9.55. The minimum absolute atomic E-state index is 0.0190. The van der Waals surface area contributed by atoms with Crippen LogP contribution in [-0.4, -0.2) is 80.6 Å². The molecule has 0 heterocycles. The van der Waals surface area contributed by atoms with Gasteiger partial charge in [0.2, 0.25) is 0 Å². The van der Waals surface area contributed by atoms with Crippen LogP contribution in [0.25, 0.3) is 0 Å². The van der Waals surface area contributed by atoms with E-state index >= 15 is 0 Å². The molecule has 0 aromatic heterocycles. The van der Waals surface area contributed by atoms with Crippen molar-refractivity contribution in [1.82, 2.24) is 0 Å². The molecular formula is C55H86NO7+. The zero-order chi connectivity index (χ0) is 46.3. The lowest BCUT2D eigenvalue weighted by Gasteiger charge is -2.31. The van der Waals surface area contributed by atoms with Crippen molar-refractivity contribution < 1.29 is 38.2 Å². The molecule has 352 valence electrons. The van der Waals surface area contributed by atoms with Gasteiger partial charge in [0.05, 0.1) is 34.4 Å². The van der Waals surface area contributed by atoms with E-state index in [0.717, 1.165) is 96.3 Å². The van der Waals surface area contributed by atoms with E-state index in [1.807, 2.05) is 21.1 Å². The summed E-state index contributed by atoms with van der Waals surface area (Å²) in [7, 11) is 5.48. The summed E-state index contributed by atoms with van der Waals surface area (Å²) >= 11 is 0. The number of rotatable bonds is 40. The number of aliphatic carboxylic acids is 1. The zero-order valence-electron chi connectivity index (χ0n) is 40.0. The van der Waals surface area contributed by atoms with Crippen molar-refractivity contribution >= 4 is 17.9 Å². The molecule has 0 aromatic carbocycles. The summed E-state index contributed by atoms with van der Waals surface area (Å²) < 4.78 is 17.2. The number of carbonyl (C=O) groups is 3. The first-order chi connectivity index (χ1) is 30.6. The smallest absolute Gasteiger partial charge is 0.362 e. The van der Waals surface area contributed by atoms with Crippen LogP contribution in [0.2, 0.25) is 0 Å². The van der Waals surface area contributed by atoms with E-state index in [4.69, 9.17) is 14.2 Å². The first kappa shape index (κ1) is 58.5.